The molecule has 1 rings (SSSR count). The molecular formula is C8H8BrCl2N. The van der Waals surface area contributed by atoms with Gasteiger partial charge in [0.15, 0.2) is 0 Å². The maximum atomic E-state index is 5.93. The quantitative estimate of drug-likeness (QED) is 0.602. The smallest absolute Gasteiger partial charge is 0.130 e. The second-order valence-electron chi connectivity index (χ2n) is 2.39. The Hall–Kier alpha value is 0.210. The molecular weight excluding hydrogens is 261 g/mol. The molecule has 12 heavy (non-hydrogen) atoms. The van der Waals surface area contributed by atoms with E-state index < -0.39 is 0 Å². The summed E-state index contributed by atoms with van der Waals surface area (Å²) in [5, 5.41) is 2.13. The fourth-order valence-corrected chi connectivity index (χ4v) is 1.62. The van der Waals surface area contributed by atoms with E-state index in [9.17, 15) is 0 Å². The summed E-state index contributed by atoms with van der Waals surface area (Å²) in [4.78, 5) is 3.96. The first kappa shape index (κ1) is 10.3. The van der Waals surface area contributed by atoms with Crippen molar-refractivity contribution >= 4 is 39.1 Å². The normalized spacial score (nSPS) is 10.2. The van der Waals surface area contributed by atoms with Crippen LogP contribution < -0.4 is 0 Å². The third-order valence-corrected chi connectivity index (χ3v) is 2.60. The van der Waals surface area contributed by atoms with Gasteiger partial charge in [-0.3, -0.25) is 0 Å². The highest BCUT2D eigenvalue weighted by atomic mass is 79.9. The molecule has 0 aromatic carbocycles. The van der Waals surface area contributed by atoms with Crippen LogP contribution in [-0.2, 0) is 6.42 Å². The minimum absolute atomic E-state index is 0.447. The van der Waals surface area contributed by atoms with E-state index in [1.54, 1.807) is 12.3 Å². The average Bonchev–Trinajstić information content (AvgIpc) is 2.03. The molecule has 0 radical (unpaired) electrons. The molecule has 1 heterocycles. The lowest BCUT2D eigenvalue weighted by Gasteiger charge is -2.01. The zero-order chi connectivity index (χ0) is 8.97. The van der Waals surface area contributed by atoms with Crippen molar-refractivity contribution in [2.75, 3.05) is 5.33 Å². The highest BCUT2D eigenvalue weighted by molar-refractivity contribution is 9.09. The Labute approximate surface area is 90.2 Å². The number of aromatic nitrogens is 1. The van der Waals surface area contributed by atoms with Crippen LogP contribution in [0.4, 0.5) is 0 Å². The zero-order valence-electron chi connectivity index (χ0n) is 6.36. The second-order valence-corrected chi connectivity index (χ2v) is 3.98. The van der Waals surface area contributed by atoms with Gasteiger partial charge < -0.3 is 0 Å². The van der Waals surface area contributed by atoms with E-state index in [0.29, 0.717) is 10.2 Å². The van der Waals surface area contributed by atoms with Crippen LogP contribution in [0.25, 0.3) is 0 Å². The van der Waals surface area contributed by atoms with Gasteiger partial charge in [-0.1, -0.05) is 39.1 Å². The molecule has 0 saturated carbocycles. The molecule has 1 nitrogen and oxygen atoms in total. The van der Waals surface area contributed by atoms with Gasteiger partial charge in [-0.05, 0) is 24.5 Å². The third-order valence-electron chi connectivity index (χ3n) is 1.48. The van der Waals surface area contributed by atoms with Crippen LogP contribution in [0.1, 0.15) is 12.0 Å². The van der Waals surface area contributed by atoms with Gasteiger partial charge in [0.1, 0.15) is 5.15 Å². The van der Waals surface area contributed by atoms with Gasteiger partial charge in [-0.2, -0.15) is 0 Å². The standard InChI is InChI=1S/C8H8BrCl2N/c9-3-1-2-6-5-12-8(11)4-7(6)10/h4-5H,1-3H2. The first-order chi connectivity index (χ1) is 5.74. The highest BCUT2D eigenvalue weighted by Crippen LogP contribution is 2.19. The molecule has 4 heteroatoms. The molecule has 0 atom stereocenters. The van der Waals surface area contributed by atoms with Crippen molar-refractivity contribution < 1.29 is 0 Å². The Kier molecular flexibility index (Phi) is 4.33. The molecule has 1 aromatic rings. The molecule has 0 aliphatic carbocycles. The number of alkyl halides is 1. The number of halogens is 3. The van der Waals surface area contributed by atoms with Gasteiger partial charge in [0.2, 0.25) is 0 Å². The fourth-order valence-electron chi connectivity index (χ4n) is 0.877. The lowest BCUT2D eigenvalue weighted by Crippen LogP contribution is -1.89. The third kappa shape index (κ3) is 2.92. The van der Waals surface area contributed by atoms with Crippen LogP contribution in [0, 0.1) is 0 Å². The van der Waals surface area contributed by atoms with E-state index in [-0.39, 0.29) is 0 Å². The molecule has 0 spiro atoms. The van der Waals surface area contributed by atoms with Crippen LogP contribution in [0.15, 0.2) is 12.3 Å². The maximum absolute atomic E-state index is 5.93. The van der Waals surface area contributed by atoms with Crippen LogP contribution in [-0.4, -0.2) is 10.3 Å². The van der Waals surface area contributed by atoms with Gasteiger partial charge in [0.25, 0.3) is 0 Å². The Morgan fingerprint density at radius 3 is 2.75 bits per heavy atom. The van der Waals surface area contributed by atoms with Crippen molar-refractivity contribution in [3.05, 3.63) is 28.0 Å². The Bertz CT molecular complexity index is 265. The van der Waals surface area contributed by atoms with Gasteiger partial charge in [-0.25, -0.2) is 4.98 Å². The number of nitrogens with zero attached hydrogens (tertiary/aromatic N) is 1. The van der Waals surface area contributed by atoms with Crippen LogP contribution in [0.3, 0.4) is 0 Å². The highest BCUT2D eigenvalue weighted by Gasteiger charge is 2.00. The van der Waals surface area contributed by atoms with Crippen LogP contribution in [0.2, 0.25) is 10.2 Å². The number of hydrogen-bond acceptors (Lipinski definition) is 1. The Morgan fingerprint density at radius 1 is 1.42 bits per heavy atom. The minimum atomic E-state index is 0.447. The predicted octanol–water partition coefficient (Wildman–Crippen LogP) is 3.72. The maximum Gasteiger partial charge on any atom is 0.130 e. The summed E-state index contributed by atoms with van der Waals surface area (Å²) in [5.74, 6) is 0. The summed E-state index contributed by atoms with van der Waals surface area (Å²) in [6.45, 7) is 0. The van der Waals surface area contributed by atoms with E-state index in [0.717, 1.165) is 23.7 Å². The number of hydrogen-bond donors (Lipinski definition) is 0. The summed E-state index contributed by atoms with van der Waals surface area (Å²) in [6, 6.07) is 1.67. The van der Waals surface area contributed by atoms with E-state index in [2.05, 4.69) is 20.9 Å². The number of aryl methyl sites for hydroxylation is 1. The SMILES string of the molecule is Clc1cc(Cl)c(CCCBr)cn1. The number of pyridine rings is 1. The van der Waals surface area contributed by atoms with Crippen LogP contribution >= 0.6 is 39.1 Å². The van der Waals surface area contributed by atoms with E-state index in [4.69, 9.17) is 23.2 Å². The molecule has 66 valence electrons. The monoisotopic (exact) mass is 267 g/mol. The summed E-state index contributed by atoms with van der Waals surface area (Å²) < 4.78 is 0. The van der Waals surface area contributed by atoms with Gasteiger partial charge in [-0.15, -0.1) is 0 Å². The Morgan fingerprint density at radius 2 is 2.17 bits per heavy atom. The lowest BCUT2D eigenvalue weighted by atomic mass is 10.2. The number of rotatable bonds is 3. The molecule has 0 bridgehead atoms. The molecule has 0 saturated heterocycles. The lowest BCUT2D eigenvalue weighted by molar-refractivity contribution is 0.931. The Balaban J connectivity index is 2.72. The molecule has 0 amide bonds. The largest absolute Gasteiger partial charge is 0.244 e. The molecule has 0 aliphatic heterocycles. The summed E-state index contributed by atoms with van der Waals surface area (Å²) >= 11 is 14.9. The summed E-state index contributed by atoms with van der Waals surface area (Å²) in [6.07, 6.45) is 3.73. The first-order valence-electron chi connectivity index (χ1n) is 3.60. The van der Waals surface area contributed by atoms with Crippen molar-refractivity contribution in [2.24, 2.45) is 0 Å². The van der Waals surface area contributed by atoms with E-state index in [1.165, 1.54) is 0 Å². The molecule has 0 fully saturated rings. The molecule has 0 aliphatic rings. The van der Waals surface area contributed by atoms with Crippen LogP contribution in [0.5, 0.6) is 0 Å². The predicted molar refractivity (Wildman–Crippen MR) is 56.4 cm³/mol. The zero-order valence-corrected chi connectivity index (χ0v) is 9.45. The molecule has 0 N–H and O–H groups in total. The topological polar surface area (TPSA) is 12.9 Å². The van der Waals surface area contributed by atoms with Crippen molar-refractivity contribution in [2.45, 2.75) is 12.8 Å². The van der Waals surface area contributed by atoms with Crippen molar-refractivity contribution in [3.8, 4) is 0 Å². The van der Waals surface area contributed by atoms with Crippen molar-refractivity contribution in [3.63, 3.8) is 0 Å². The summed E-state index contributed by atoms with van der Waals surface area (Å²) in [7, 11) is 0. The van der Waals surface area contributed by atoms with E-state index in [1.807, 2.05) is 0 Å². The van der Waals surface area contributed by atoms with Crippen molar-refractivity contribution in [1.82, 2.24) is 4.98 Å². The van der Waals surface area contributed by atoms with Gasteiger partial charge >= 0.3 is 0 Å². The summed E-state index contributed by atoms with van der Waals surface area (Å²) in [5.41, 5.74) is 1.06. The minimum Gasteiger partial charge on any atom is -0.244 e. The van der Waals surface area contributed by atoms with Gasteiger partial charge in [0.05, 0.1) is 0 Å². The average molecular weight is 269 g/mol. The fraction of sp³-hybridized carbons (Fsp3) is 0.375. The molecule has 1 aromatic heterocycles. The first-order valence-corrected chi connectivity index (χ1v) is 5.47. The van der Waals surface area contributed by atoms with Crippen molar-refractivity contribution in [1.29, 1.82) is 0 Å². The second kappa shape index (κ2) is 5.05. The van der Waals surface area contributed by atoms with E-state index >= 15 is 0 Å². The molecule has 0 unspecified atom stereocenters. The van der Waals surface area contributed by atoms with Gasteiger partial charge in [0, 0.05) is 16.5 Å².